The molecule has 94 valence electrons. The second-order valence-electron chi connectivity index (χ2n) is 5.69. The van der Waals surface area contributed by atoms with Crippen molar-refractivity contribution in [3.8, 4) is 0 Å². The summed E-state index contributed by atoms with van der Waals surface area (Å²) >= 11 is 0. The van der Waals surface area contributed by atoms with Crippen LogP contribution in [0.4, 0.5) is 0 Å². The molecule has 0 aliphatic heterocycles. The molecule has 3 heteroatoms. The van der Waals surface area contributed by atoms with Crippen LogP contribution in [-0.4, -0.2) is 43.2 Å². The second-order valence-corrected chi connectivity index (χ2v) is 5.69. The summed E-state index contributed by atoms with van der Waals surface area (Å²) in [7, 11) is 2.26. The van der Waals surface area contributed by atoms with Crippen LogP contribution >= 0.6 is 0 Å². The largest absolute Gasteiger partial charge is 0.330 e. The molecule has 2 aliphatic rings. The molecule has 0 aromatic carbocycles. The number of nitrogens with two attached hydrogens (primary N) is 1. The van der Waals surface area contributed by atoms with E-state index in [9.17, 15) is 0 Å². The summed E-state index contributed by atoms with van der Waals surface area (Å²) in [6.45, 7) is 4.30. The summed E-state index contributed by atoms with van der Waals surface area (Å²) < 4.78 is 0. The molecule has 3 nitrogen and oxygen atoms in total. The molecule has 2 rings (SSSR count). The van der Waals surface area contributed by atoms with Crippen molar-refractivity contribution in [2.24, 2.45) is 11.7 Å². The van der Waals surface area contributed by atoms with E-state index in [0.717, 1.165) is 25.0 Å². The third-order valence-corrected chi connectivity index (χ3v) is 4.46. The first-order valence-electron chi connectivity index (χ1n) is 6.87. The standard InChI is InChI=1S/C13H27N3/c1-10(16(2)12-6-7-12)9-15-13-5-3-4-11(13)8-14/h10-13,15H,3-9,14H2,1-2H3. The van der Waals surface area contributed by atoms with E-state index in [0.29, 0.717) is 12.1 Å². The predicted molar refractivity (Wildman–Crippen MR) is 68.4 cm³/mol. The number of nitrogens with zero attached hydrogens (tertiary/aromatic N) is 1. The molecular formula is C13H27N3. The molecule has 0 saturated heterocycles. The summed E-state index contributed by atoms with van der Waals surface area (Å²) in [5, 5.41) is 3.72. The molecule has 2 aliphatic carbocycles. The van der Waals surface area contributed by atoms with Gasteiger partial charge in [-0.15, -0.1) is 0 Å². The van der Waals surface area contributed by atoms with Crippen molar-refractivity contribution < 1.29 is 0 Å². The van der Waals surface area contributed by atoms with Crippen LogP contribution in [0.1, 0.15) is 39.0 Å². The van der Waals surface area contributed by atoms with Crippen LogP contribution in [0.5, 0.6) is 0 Å². The lowest BCUT2D eigenvalue weighted by Gasteiger charge is -2.28. The highest BCUT2D eigenvalue weighted by atomic mass is 15.2. The molecule has 3 unspecified atom stereocenters. The molecule has 0 amide bonds. The Morgan fingerprint density at radius 1 is 1.31 bits per heavy atom. The van der Waals surface area contributed by atoms with Crippen molar-refractivity contribution in [2.75, 3.05) is 20.1 Å². The molecule has 0 bridgehead atoms. The molecule has 16 heavy (non-hydrogen) atoms. The Bertz CT molecular complexity index is 215. The lowest BCUT2D eigenvalue weighted by atomic mass is 10.0. The van der Waals surface area contributed by atoms with Crippen LogP contribution in [0.3, 0.4) is 0 Å². The number of hydrogen-bond donors (Lipinski definition) is 2. The predicted octanol–water partition coefficient (Wildman–Crippen LogP) is 1.19. The SMILES string of the molecule is CC(CNC1CCCC1CN)N(C)C1CC1. The Hall–Kier alpha value is -0.120. The van der Waals surface area contributed by atoms with Crippen molar-refractivity contribution in [1.29, 1.82) is 0 Å². The first kappa shape index (κ1) is 12.3. The zero-order chi connectivity index (χ0) is 11.5. The highest BCUT2D eigenvalue weighted by Gasteiger charge is 2.30. The lowest BCUT2D eigenvalue weighted by molar-refractivity contribution is 0.230. The molecule has 2 fully saturated rings. The van der Waals surface area contributed by atoms with E-state index in [2.05, 4.69) is 24.2 Å². The van der Waals surface area contributed by atoms with Crippen molar-refractivity contribution in [3.05, 3.63) is 0 Å². The minimum absolute atomic E-state index is 0.659. The van der Waals surface area contributed by atoms with Gasteiger partial charge < -0.3 is 11.1 Å². The van der Waals surface area contributed by atoms with Crippen molar-refractivity contribution >= 4 is 0 Å². The minimum Gasteiger partial charge on any atom is -0.330 e. The van der Waals surface area contributed by atoms with E-state index in [1.165, 1.54) is 32.1 Å². The van der Waals surface area contributed by atoms with Crippen LogP contribution in [0, 0.1) is 5.92 Å². The zero-order valence-corrected chi connectivity index (χ0v) is 10.8. The topological polar surface area (TPSA) is 41.3 Å². The third-order valence-electron chi connectivity index (χ3n) is 4.46. The number of likely N-dealkylation sites (N-methyl/N-ethyl adjacent to an activating group) is 1. The maximum Gasteiger partial charge on any atom is 0.0192 e. The van der Waals surface area contributed by atoms with Crippen molar-refractivity contribution in [2.45, 2.75) is 57.2 Å². The van der Waals surface area contributed by atoms with E-state index in [1.807, 2.05) is 0 Å². The molecule has 0 aromatic heterocycles. The smallest absolute Gasteiger partial charge is 0.0192 e. The van der Waals surface area contributed by atoms with Crippen LogP contribution in [0.2, 0.25) is 0 Å². The average molecular weight is 225 g/mol. The van der Waals surface area contributed by atoms with E-state index >= 15 is 0 Å². The first-order chi connectivity index (χ1) is 7.72. The van der Waals surface area contributed by atoms with E-state index in [4.69, 9.17) is 5.73 Å². The highest BCUT2D eigenvalue weighted by Crippen LogP contribution is 2.27. The lowest BCUT2D eigenvalue weighted by Crippen LogP contribution is -2.44. The van der Waals surface area contributed by atoms with E-state index in [1.54, 1.807) is 0 Å². The molecular weight excluding hydrogens is 198 g/mol. The van der Waals surface area contributed by atoms with Gasteiger partial charge in [-0.2, -0.15) is 0 Å². The summed E-state index contributed by atoms with van der Waals surface area (Å²) in [4.78, 5) is 2.53. The average Bonchev–Trinajstić information content (AvgIpc) is 3.04. The fraction of sp³-hybridized carbons (Fsp3) is 1.00. The van der Waals surface area contributed by atoms with Crippen LogP contribution < -0.4 is 11.1 Å². The van der Waals surface area contributed by atoms with Gasteiger partial charge in [0, 0.05) is 24.7 Å². The molecule has 0 heterocycles. The van der Waals surface area contributed by atoms with Crippen LogP contribution in [0.15, 0.2) is 0 Å². The highest BCUT2D eigenvalue weighted by molar-refractivity contribution is 4.88. The van der Waals surface area contributed by atoms with Crippen LogP contribution in [0.25, 0.3) is 0 Å². The molecule has 3 N–H and O–H groups in total. The summed E-state index contributed by atoms with van der Waals surface area (Å²) in [5.41, 5.74) is 5.80. The van der Waals surface area contributed by atoms with Gasteiger partial charge in [0.15, 0.2) is 0 Å². The van der Waals surface area contributed by atoms with E-state index in [-0.39, 0.29) is 0 Å². The Kier molecular flexibility index (Phi) is 4.22. The fourth-order valence-corrected chi connectivity index (χ4v) is 2.90. The Labute approximate surface area is 99.8 Å². The number of rotatable bonds is 6. The van der Waals surface area contributed by atoms with Crippen molar-refractivity contribution in [1.82, 2.24) is 10.2 Å². The molecule has 0 spiro atoms. The third kappa shape index (κ3) is 2.96. The minimum atomic E-state index is 0.659. The van der Waals surface area contributed by atoms with Gasteiger partial charge in [-0.1, -0.05) is 6.42 Å². The number of hydrogen-bond acceptors (Lipinski definition) is 3. The van der Waals surface area contributed by atoms with Gasteiger partial charge in [0.25, 0.3) is 0 Å². The normalized spacial score (nSPS) is 32.2. The van der Waals surface area contributed by atoms with Crippen LogP contribution in [-0.2, 0) is 0 Å². The maximum atomic E-state index is 5.80. The van der Waals surface area contributed by atoms with Gasteiger partial charge in [-0.3, -0.25) is 4.90 Å². The summed E-state index contributed by atoms with van der Waals surface area (Å²) in [5.74, 6) is 0.721. The maximum absolute atomic E-state index is 5.80. The summed E-state index contributed by atoms with van der Waals surface area (Å²) in [6, 6.07) is 2.21. The zero-order valence-electron chi connectivity index (χ0n) is 10.8. The monoisotopic (exact) mass is 225 g/mol. The van der Waals surface area contributed by atoms with Gasteiger partial charge in [0.1, 0.15) is 0 Å². The van der Waals surface area contributed by atoms with Gasteiger partial charge in [-0.25, -0.2) is 0 Å². The van der Waals surface area contributed by atoms with Crippen molar-refractivity contribution in [3.63, 3.8) is 0 Å². The van der Waals surface area contributed by atoms with E-state index < -0.39 is 0 Å². The first-order valence-corrected chi connectivity index (χ1v) is 6.87. The Morgan fingerprint density at radius 2 is 2.06 bits per heavy atom. The Morgan fingerprint density at radius 3 is 2.69 bits per heavy atom. The van der Waals surface area contributed by atoms with Gasteiger partial charge in [0.05, 0.1) is 0 Å². The van der Waals surface area contributed by atoms with Gasteiger partial charge in [0.2, 0.25) is 0 Å². The summed E-state index contributed by atoms with van der Waals surface area (Å²) in [6.07, 6.45) is 6.79. The fourth-order valence-electron chi connectivity index (χ4n) is 2.90. The quantitative estimate of drug-likeness (QED) is 0.713. The molecule has 3 atom stereocenters. The molecule has 0 radical (unpaired) electrons. The Balaban J connectivity index is 1.69. The molecule has 2 saturated carbocycles. The second kappa shape index (κ2) is 5.48. The van der Waals surface area contributed by atoms with Gasteiger partial charge >= 0.3 is 0 Å². The number of nitrogens with one attached hydrogen (secondary N) is 1. The van der Waals surface area contributed by atoms with Gasteiger partial charge in [-0.05, 0) is 52.1 Å². The molecule has 0 aromatic rings.